The van der Waals surface area contributed by atoms with E-state index in [1.165, 1.54) is 6.07 Å². The van der Waals surface area contributed by atoms with Crippen molar-refractivity contribution in [2.45, 2.75) is 0 Å². The molecule has 0 amide bonds. The fraction of sp³-hybridized carbons (Fsp3) is 0. The lowest BCUT2D eigenvalue weighted by Gasteiger charge is -1.97. The molecule has 0 atom stereocenters. The molecule has 0 aliphatic rings. The summed E-state index contributed by atoms with van der Waals surface area (Å²) in [5.41, 5.74) is 2.83. The van der Waals surface area contributed by atoms with Gasteiger partial charge in [-0.05, 0) is 48.5 Å². The summed E-state index contributed by atoms with van der Waals surface area (Å²) < 4.78 is 0. The maximum Gasteiger partial charge on any atom is 0.286 e. The Balaban J connectivity index is 1.91. The van der Waals surface area contributed by atoms with Gasteiger partial charge in [0, 0.05) is 22.8 Å². The lowest BCUT2D eigenvalue weighted by atomic mass is 10.1. The van der Waals surface area contributed by atoms with Crippen LogP contribution in [0.5, 0.6) is 0 Å². The Morgan fingerprint density at radius 3 is 1.93 bits per heavy atom. The molecule has 0 radical (unpaired) electrons. The highest BCUT2D eigenvalue weighted by Crippen LogP contribution is 2.19. The molecule has 27 heavy (non-hydrogen) atoms. The van der Waals surface area contributed by atoms with Gasteiger partial charge in [-0.2, -0.15) is 5.26 Å². The fourth-order valence-corrected chi connectivity index (χ4v) is 2.30. The van der Waals surface area contributed by atoms with Crippen LogP contribution < -0.4 is 0 Å². The van der Waals surface area contributed by atoms with Gasteiger partial charge in [-0.15, -0.1) is 0 Å². The lowest BCUT2D eigenvalue weighted by molar-refractivity contribution is -0.385. The molecule has 0 N–H and O–H groups in total. The number of rotatable bonds is 1. The predicted octanol–water partition coefficient (Wildman–Crippen LogP) is 4.27. The van der Waals surface area contributed by atoms with Gasteiger partial charge in [-0.25, -0.2) is 0 Å². The van der Waals surface area contributed by atoms with Crippen molar-refractivity contribution in [2.75, 3.05) is 0 Å². The number of nitro groups is 1. The molecule has 0 aromatic heterocycles. The Hall–Kier alpha value is -4.33. The summed E-state index contributed by atoms with van der Waals surface area (Å²) in [6.45, 7) is 0. The van der Waals surface area contributed by atoms with E-state index in [1.54, 1.807) is 36.4 Å². The summed E-state index contributed by atoms with van der Waals surface area (Å²) in [6.07, 6.45) is 0. The fourth-order valence-electron chi connectivity index (χ4n) is 2.30. The van der Waals surface area contributed by atoms with Crippen LogP contribution in [0.25, 0.3) is 0 Å². The number of hydrogen-bond donors (Lipinski definition) is 0. The molecule has 0 bridgehead atoms. The molecule has 4 heteroatoms. The molecule has 0 saturated carbocycles. The minimum atomic E-state index is -0.462. The molecule has 3 aromatic rings. The van der Waals surface area contributed by atoms with Crippen molar-refractivity contribution < 1.29 is 4.92 Å². The quantitative estimate of drug-likeness (QED) is 0.375. The highest BCUT2D eigenvalue weighted by molar-refractivity contribution is 5.58. The Morgan fingerprint density at radius 1 is 0.704 bits per heavy atom. The van der Waals surface area contributed by atoms with Crippen molar-refractivity contribution in [3.05, 3.63) is 111 Å². The van der Waals surface area contributed by atoms with E-state index in [1.807, 2.05) is 36.4 Å². The van der Waals surface area contributed by atoms with E-state index < -0.39 is 4.92 Å². The van der Waals surface area contributed by atoms with Gasteiger partial charge >= 0.3 is 0 Å². The van der Waals surface area contributed by atoms with Crippen LogP contribution in [-0.4, -0.2) is 4.92 Å². The molecule has 0 heterocycles. The topological polar surface area (TPSA) is 66.9 Å². The third-order valence-electron chi connectivity index (χ3n) is 3.67. The number of nitrogens with zero attached hydrogens (tertiary/aromatic N) is 2. The average molecular weight is 348 g/mol. The molecular formula is C23H12N2O2. The summed E-state index contributed by atoms with van der Waals surface area (Å²) >= 11 is 0. The van der Waals surface area contributed by atoms with Gasteiger partial charge in [0.1, 0.15) is 5.56 Å². The Morgan fingerprint density at radius 2 is 1.26 bits per heavy atom. The smallest absolute Gasteiger partial charge is 0.258 e. The minimum absolute atomic E-state index is 0.0870. The zero-order valence-corrected chi connectivity index (χ0v) is 14.1. The summed E-state index contributed by atoms with van der Waals surface area (Å²) in [4.78, 5) is 10.9. The summed E-state index contributed by atoms with van der Waals surface area (Å²) in [6, 6.07) is 22.9. The molecule has 3 aromatic carbocycles. The van der Waals surface area contributed by atoms with Crippen LogP contribution in [-0.2, 0) is 0 Å². The van der Waals surface area contributed by atoms with E-state index in [0.717, 1.165) is 5.56 Å². The molecule has 0 spiro atoms. The van der Waals surface area contributed by atoms with Crippen LogP contribution >= 0.6 is 0 Å². The summed E-state index contributed by atoms with van der Waals surface area (Å²) in [5, 5.41) is 20.2. The SMILES string of the molecule is N#Cc1ccc(C#Cc2ccc(C#Cc3ccccc3)cc2[N+](=O)[O-])cc1. The molecule has 0 aliphatic heterocycles. The van der Waals surface area contributed by atoms with Gasteiger partial charge in [-0.3, -0.25) is 10.1 Å². The normalized spacial score (nSPS) is 9.15. The molecule has 126 valence electrons. The standard InChI is InChI=1S/C23H12N2O2/c24-17-21-10-7-19(8-11-21)12-14-22-15-13-20(16-23(22)25(26)27)9-6-18-4-2-1-3-5-18/h1-5,7-8,10-11,13,15-16H. The van der Waals surface area contributed by atoms with E-state index in [4.69, 9.17) is 5.26 Å². The van der Waals surface area contributed by atoms with Gasteiger partial charge in [0.05, 0.1) is 16.6 Å². The van der Waals surface area contributed by atoms with Gasteiger partial charge in [0.15, 0.2) is 0 Å². The second kappa shape index (κ2) is 8.17. The van der Waals surface area contributed by atoms with Crippen LogP contribution in [0.4, 0.5) is 5.69 Å². The highest BCUT2D eigenvalue weighted by atomic mass is 16.6. The van der Waals surface area contributed by atoms with Crippen molar-refractivity contribution in [2.24, 2.45) is 0 Å². The van der Waals surface area contributed by atoms with Crippen molar-refractivity contribution in [1.29, 1.82) is 5.26 Å². The van der Waals surface area contributed by atoms with Crippen molar-refractivity contribution in [1.82, 2.24) is 0 Å². The zero-order valence-electron chi connectivity index (χ0n) is 14.1. The van der Waals surface area contributed by atoms with Crippen molar-refractivity contribution in [3.8, 4) is 29.8 Å². The lowest BCUT2D eigenvalue weighted by Crippen LogP contribution is -1.93. The number of nitriles is 1. The van der Waals surface area contributed by atoms with E-state index in [2.05, 4.69) is 23.7 Å². The van der Waals surface area contributed by atoms with E-state index >= 15 is 0 Å². The summed E-state index contributed by atoms with van der Waals surface area (Å²) in [7, 11) is 0. The minimum Gasteiger partial charge on any atom is -0.258 e. The average Bonchev–Trinajstić information content (AvgIpc) is 2.72. The van der Waals surface area contributed by atoms with E-state index in [-0.39, 0.29) is 5.69 Å². The largest absolute Gasteiger partial charge is 0.286 e. The monoisotopic (exact) mass is 348 g/mol. The first kappa shape index (κ1) is 17.5. The Bertz CT molecular complexity index is 1150. The molecule has 0 unspecified atom stereocenters. The predicted molar refractivity (Wildman–Crippen MR) is 103 cm³/mol. The first-order chi connectivity index (χ1) is 13.2. The van der Waals surface area contributed by atoms with Gasteiger partial charge < -0.3 is 0 Å². The first-order valence-electron chi connectivity index (χ1n) is 8.03. The molecule has 4 nitrogen and oxygen atoms in total. The molecule has 0 aliphatic carbocycles. The maximum absolute atomic E-state index is 11.4. The molecule has 3 rings (SSSR count). The van der Waals surface area contributed by atoms with Crippen molar-refractivity contribution in [3.63, 3.8) is 0 Å². The number of nitro benzene ring substituents is 1. The van der Waals surface area contributed by atoms with Crippen molar-refractivity contribution >= 4 is 5.69 Å². The van der Waals surface area contributed by atoms with Gasteiger partial charge in [0.25, 0.3) is 5.69 Å². The first-order valence-corrected chi connectivity index (χ1v) is 8.03. The second-order valence-electron chi connectivity index (χ2n) is 5.54. The van der Waals surface area contributed by atoms with E-state index in [9.17, 15) is 10.1 Å². The zero-order chi connectivity index (χ0) is 19.1. The van der Waals surface area contributed by atoms with Crippen LogP contribution in [0, 0.1) is 45.1 Å². The highest BCUT2D eigenvalue weighted by Gasteiger charge is 2.12. The van der Waals surface area contributed by atoms with Gasteiger partial charge in [0.2, 0.25) is 0 Å². The Labute approximate surface area is 156 Å². The number of benzene rings is 3. The van der Waals surface area contributed by atoms with E-state index in [0.29, 0.717) is 22.3 Å². The van der Waals surface area contributed by atoms with Crippen LogP contribution in [0.3, 0.4) is 0 Å². The second-order valence-corrected chi connectivity index (χ2v) is 5.54. The maximum atomic E-state index is 11.4. The molecule has 0 fully saturated rings. The Kier molecular flexibility index (Phi) is 5.29. The molecular weight excluding hydrogens is 336 g/mol. The van der Waals surface area contributed by atoms with Crippen LogP contribution in [0.2, 0.25) is 0 Å². The van der Waals surface area contributed by atoms with Gasteiger partial charge in [-0.1, -0.05) is 41.9 Å². The third-order valence-corrected chi connectivity index (χ3v) is 3.67. The molecule has 0 saturated heterocycles. The summed E-state index contributed by atoms with van der Waals surface area (Å²) in [5.74, 6) is 11.6. The third kappa shape index (κ3) is 4.60. The number of hydrogen-bond acceptors (Lipinski definition) is 3. The van der Waals surface area contributed by atoms with Crippen LogP contribution in [0.1, 0.15) is 27.8 Å². The van der Waals surface area contributed by atoms with Crippen LogP contribution in [0.15, 0.2) is 72.8 Å².